The minimum Gasteiger partial charge on any atom is -0.464 e. The first kappa shape index (κ1) is 26.7. The van der Waals surface area contributed by atoms with E-state index in [1.54, 1.807) is 43.3 Å². The van der Waals surface area contributed by atoms with Crippen LogP contribution in [0.25, 0.3) is 11.0 Å². The van der Waals surface area contributed by atoms with Crippen molar-refractivity contribution in [3.63, 3.8) is 0 Å². The summed E-state index contributed by atoms with van der Waals surface area (Å²) in [6, 6.07) is 6.89. The predicted octanol–water partition coefficient (Wildman–Crippen LogP) is 6.13. The lowest BCUT2D eigenvalue weighted by molar-refractivity contribution is -0.134. The number of alkyl carbamates (subject to hydrolysis) is 1. The Morgan fingerprint density at radius 1 is 1.17 bits per heavy atom. The second-order valence-corrected chi connectivity index (χ2v) is 11.5. The van der Waals surface area contributed by atoms with Gasteiger partial charge in [-0.1, -0.05) is 33.8 Å². The lowest BCUT2D eigenvalue weighted by atomic mass is 10.0. The van der Waals surface area contributed by atoms with Gasteiger partial charge in [-0.3, -0.25) is 4.79 Å². The maximum absolute atomic E-state index is 13.9. The minimum atomic E-state index is -0.781. The molecule has 35 heavy (non-hydrogen) atoms. The Hall–Kier alpha value is -2.87. The van der Waals surface area contributed by atoms with Crippen molar-refractivity contribution < 1.29 is 18.7 Å². The van der Waals surface area contributed by atoms with Gasteiger partial charge in [0.05, 0.1) is 23.5 Å². The molecule has 2 heterocycles. The van der Waals surface area contributed by atoms with Crippen LogP contribution in [0.5, 0.6) is 0 Å². The number of nitrogens with zero attached hydrogens (tertiary/aromatic N) is 2. The van der Waals surface area contributed by atoms with Crippen molar-refractivity contribution in [2.75, 3.05) is 6.54 Å². The molecule has 0 unspecified atom stereocenters. The number of carbonyl (C=O) groups is 2. The summed E-state index contributed by atoms with van der Waals surface area (Å²) >= 11 is 1.61. The largest absolute Gasteiger partial charge is 0.464 e. The van der Waals surface area contributed by atoms with Crippen molar-refractivity contribution >= 4 is 34.3 Å². The first-order valence-corrected chi connectivity index (χ1v) is 13.0. The van der Waals surface area contributed by atoms with Gasteiger partial charge in [-0.2, -0.15) is 0 Å². The summed E-state index contributed by atoms with van der Waals surface area (Å²) in [6.45, 7) is 14.7. The van der Waals surface area contributed by atoms with Gasteiger partial charge in [0.15, 0.2) is 0 Å². The summed E-state index contributed by atoms with van der Waals surface area (Å²) in [5, 5.41) is 6.85. The van der Waals surface area contributed by atoms with Gasteiger partial charge >= 0.3 is 6.09 Å². The van der Waals surface area contributed by atoms with E-state index in [1.165, 1.54) is 0 Å². The number of thiazole rings is 1. The molecule has 3 aromatic rings. The summed E-state index contributed by atoms with van der Waals surface area (Å²) in [7, 11) is 0. The van der Waals surface area contributed by atoms with Crippen molar-refractivity contribution in [1.82, 2.24) is 15.2 Å². The highest BCUT2D eigenvalue weighted by Crippen LogP contribution is 2.22. The topological polar surface area (TPSA) is 84.7 Å². The van der Waals surface area contributed by atoms with Crippen LogP contribution in [0.3, 0.4) is 0 Å². The van der Waals surface area contributed by atoms with Gasteiger partial charge in [-0.25, -0.2) is 9.78 Å². The summed E-state index contributed by atoms with van der Waals surface area (Å²) in [6.07, 6.45) is 1.36. The van der Waals surface area contributed by atoms with E-state index >= 15 is 0 Å². The summed E-state index contributed by atoms with van der Waals surface area (Å²) in [5.74, 6) is 0.435. The molecule has 7 nitrogen and oxygen atoms in total. The van der Waals surface area contributed by atoms with Gasteiger partial charge in [0.1, 0.15) is 17.2 Å². The van der Waals surface area contributed by atoms with Gasteiger partial charge in [0.25, 0.3) is 0 Å². The van der Waals surface area contributed by atoms with Crippen molar-refractivity contribution in [1.29, 1.82) is 0 Å². The average Bonchev–Trinajstić information content (AvgIpc) is 3.39. The Morgan fingerprint density at radius 2 is 1.91 bits per heavy atom. The number of aromatic nitrogens is 1. The molecule has 0 aliphatic heterocycles. The Morgan fingerprint density at radius 3 is 2.54 bits per heavy atom. The number of hydrogen-bond acceptors (Lipinski definition) is 6. The quantitative estimate of drug-likeness (QED) is 0.383. The molecule has 8 heteroatoms. The number of nitrogens with one attached hydrogen (secondary N) is 1. The Bertz CT molecular complexity index is 1140. The maximum Gasteiger partial charge on any atom is 0.408 e. The number of benzene rings is 1. The van der Waals surface area contributed by atoms with Crippen LogP contribution in [0.1, 0.15) is 70.6 Å². The van der Waals surface area contributed by atoms with Crippen molar-refractivity contribution in [3.05, 3.63) is 52.2 Å². The third-order valence-corrected chi connectivity index (χ3v) is 6.45. The summed E-state index contributed by atoms with van der Waals surface area (Å²) in [5.41, 5.74) is 1.90. The molecule has 1 aromatic carbocycles. The molecule has 0 aliphatic carbocycles. The second kappa shape index (κ2) is 11.2. The second-order valence-electron chi connectivity index (χ2n) is 10.6. The van der Waals surface area contributed by atoms with E-state index in [0.717, 1.165) is 27.2 Å². The first-order chi connectivity index (χ1) is 16.4. The van der Waals surface area contributed by atoms with E-state index in [4.69, 9.17) is 14.1 Å². The molecule has 0 saturated carbocycles. The van der Waals surface area contributed by atoms with E-state index in [2.05, 4.69) is 33.0 Å². The van der Waals surface area contributed by atoms with Gasteiger partial charge in [-0.05, 0) is 50.5 Å². The van der Waals surface area contributed by atoms with E-state index < -0.39 is 17.7 Å². The van der Waals surface area contributed by atoms with Crippen LogP contribution >= 0.6 is 11.3 Å². The number of hydrogen-bond donors (Lipinski definition) is 1. The molecule has 3 rings (SSSR count). The monoisotopic (exact) mass is 499 g/mol. The SMILES string of the molecule is CC(C)CN(Cc1csc(C(C)C)n1)C(=O)[C@@H](Cc1ccc2occc2c1)NC(=O)OC(C)(C)C. The third-order valence-electron chi connectivity index (χ3n) is 5.26. The normalized spacial score (nSPS) is 12.8. The molecular formula is C27H37N3O4S. The minimum absolute atomic E-state index is 0.157. The van der Waals surface area contributed by atoms with Crippen LogP contribution in [0.15, 0.2) is 40.3 Å². The Kier molecular flexibility index (Phi) is 8.59. The number of rotatable bonds is 9. The van der Waals surface area contributed by atoms with Gasteiger partial charge < -0.3 is 19.4 Å². The number of fused-ring (bicyclic) bond motifs is 1. The Labute approximate surface area is 211 Å². The average molecular weight is 500 g/mol. The van der Waals surface area contributed by atoms with Crippen molar-refractivity contribution in [3.8, 4) is 0 Å². The molecule has 2 amide bonds. The molecule has 1 N–H and O–H groups in total. The zero-order valence-corrected chi connectivity index (χ0v) is 22.6. The van der Waals surface area contributed by atoms with Gasteiger partial charge in [0.2, 0.25) is 5.91 Å². The van der Waals surface area contributed by atoms with Crippen LogP contribution in [-0.2, 0) is 22.5 Å². The Balaban J connectivity index is 1.87. The van der Waals surface area contributed by atoms with Crippen LogP contribution < -0.4 is 5.32 Å². The fourth-order valence-corrected chi connectivity index (χ4v) is 4.60. The van der Waals surface area contributed by atoms with Crippen LogP contribution in [0.2, 0.25) is 0 Å². The number of furan rings is 1. The standard InChI is InChI=1S/C27H37N3O4S/c1-17(2)14-30(15-21-16-35-24(28-21)18(3)4)25(31)22(29-26(32)34-27(5,6)7)13-19-8-9-23-20(12-19)10-11-33-23/h8-12,16-18,22H,13-15H2,1-7H3,(H,29,32)/t22-/m1/s1. The molecule has 2 aromatic heterocycles. The molecule has 0 bridgehead atoms. The van der Waals surface area contributed by atoms with E-state index in [9.17, 15) is 9.59 Å². The molecule has 0 spiro atoms. The fraction of sp³-hybridized carbons (Fsp3) is 0.519. The molecular weight excluding hydrogens is 462 g/mol. The van der Waals surface area contributed by atoms with E-state index in [0.29, 0.717) is 25.4 Å². The van der Waals surface area contributed by atoms with Crippen molar-refractivity contribution in [2.45, 2.75) is 79.0 Å². The zero-order valence-electron chi connectivity index (χ0n) is 21.8. The molecule has 1 atom stereocenters. The van der Waals surface area contributed by atoms with E-state index in [1.807, 2.05) is 29.6 Å². The fourth-order valence-electron chi connectivity index (χ4n) is 3.78. The predicted molar refractivity (Wildman–Crippen MR) is 140 cm³/mol. The molecule has 0 radical (unpaired) electrons. The summed E-state index contributed by atoms with van der Waals surface area (Å²) in [4.78, 5) is 33.1. The van der Waals surface area contributed by atoms with Crippen LogP contribution in [0, 0.1) is 5.92 Å². The highest BCUT2D eigenvalue weighted by Gasteiger charge is 2.29. The number of carbonyl (C=O) groups excluding carboxylic acids is 2. The van der Waals surface area contributed by atoms with Gasteiger partial charge in [0, 0.05) is 29.6 Å². The summed E-state index contributed by atoms with van der Waals surface area (Å²) < 4.78 is 10.9. The van der Waals surface area contributed by atoms with E-state index in [-0.39, 0.29) is 11.8 Å². The number of amides is 2. The number of ether oxygens (including phenoxy) is 1. The van der Waals surface area contributed by atoms with Crippen molar-refractivity contribution in [2.24, 2.45) is 5.92 Å². The molecule has 0 saturated heterocycles. The molecule has 0 aliphatic rings. The third kappa shape index (κ3) is 7.82. The van der Waals surface area contributed by atoms with Crippen LogP contribution in [-0.4, -0.2) is 40.1 Å². The maximum atomic E-state index is 13.9. The highest BCUT2D eigenvalue weighted by molar-refractivity contribution is 7.09. The smallest absolute Gasteiger partial charge is 0.408 e. The lowest BCUT2D eigenvalue weighted by Gasteiger charge is -2.30. The van der Waals surface area contributed by atoms with Crippen LogP contribution in [0.4, 0.5) is 4.79 Å². The molecule has 190 valence electrons. The lowest BCUT2D eigenvalue weighted by Crippen LogP contribution is -2.51. The highest BCUT2D eigenvalue weighted by atomic mass is 32.1. The van der Waals surface area contributed by atoms with Gasteiger partial charge in [-0.15, -0.1) is 11.3 Å². The zero-order chi connectivity index (χ0) is 25.8. The molecule has 0 fully saturated rings. The first-order valence-electron chi connectivity index (χ1n) is 12.1.